The lowest BCUT2D eigenvalue weighted by Crippen LogP contribution is -2.34. The predicted molar refractivity (Wildman–Crippen MR) is 114 cm³/mol. The number of benzene rings is 3. The van der Waals surface area contributed by atoms with E-state index in [2.05, 4.69) is 53.4 Å². The zero-order valence-corrected chi connectivity index (χ0v) is 16.5. The molecule has 3 aromatic carbocycles. The van der Waals surface area contributed by atoms with Crippen molar-refractivity contribution in [1.29, 1.82) is 0 Å². The second-order valence-electron chi connectivity index (χ2n) is 7.53. The molecular formula is C25H25NO3. The van der Waals surface area contributed by atoms with Gasteiger partial charge in [-0.3, -0.25) is 9.69 Å². The van der Waals surface area contributed by atoms with Crippen molar-refractivity contribution >= 4 is 5.78 Å². The molecule has 4 heteroatoms. The van der Waals surface area contributed by atoms with Crippen molar-refractivity contribution < 1.29 is 14.6 Å². The molecule has 1 unspecified atom stereocenters. The summed E-state index contributed by atoms with van der Waals surface area (Å²) in [4.78, 5) is 13.6. The van der Waals surface area contributed by atoms with Gasteiger partial charge in [-0.25, -0.2) is 0 Å². The van der Waals surface area contributed by atoms with Gasteiger partial charge in [-0.15, -0.1) is 0 Å². The first-order chi connectivity index (χ1) is 14.1. The van der Waals surface area contributed by atoms with Gasteiger partial charge in [0.2, 0.25) is 0 Å². The average Bonchev–Trinajstić information content (AvgIpc) is 2.89. The van der Waals surface area contributed by atoms with Gasteiger partial charge in [0.05, 0.1) is 0 Å². The fourth-order valence-electron chi connectivity index (χ4n) is 3.84. The summed E-state index contributed by atoms with van der Waals surface area (Å²) < 4.78 is 5.73. The number of Topliss-reactive ketones (excluding diaryl/α,β-unsaturated/α-hetero) is 1. The molecule has 0 bridgehead atoms. The number of aliphatic hydroxyl groups is 1. The van der Waals surface area contributed by atoms with Crippen molar-refractivity contribution in [2.24, 2.45) is 0 Å². The van der Waals surface area contributed by atoms with Crippen LogP contribution in [0.4, 0.5) is 0 Å². The minimum atomic E-state index is -0.611. The molecule has 1 heterocycles. The normalized spacial score (nSPS) is 14.4. The third kappa shape index (κ3) is 4.56. The Bertz CT molecular complexity index is 949. The topological polar surface area (TPSA) is 49.8 Å². The summed E-state index contributed by atoms with van der Waals surface area (Å²) in [6.45, 7) is 3.84. The number of hydrogen-bond acceptors (Lipinski definition) is 4. The molecule has 4 rings (SSSR count). The summed E-state index contributed by atoms with van der Waals surface area (Å²) in [6, 6.07) is 23.9. The van der Waals surface area contributed by atoms with E-state index >= 15 is 0 Å². The first-order valence-electron chi connectivity index (χ1n) is 9.90. The van der Waals surface area contributed by atoms with Gasteiger partial charge < -0.3 is 9.84 Å². The van der Waals surface area contributed by atoms with Gasteiger partial charge in [0.15, 0.2) is 5.78 Å². The van der Waals surface area contributed by atoms with Gasteiger partial charge in [0.1, 0.15) is 18.5 Å². The van der Waals surface area contributed by atoms with E-state index in [9.17, 15) is 9.90 Å². The fraction of sp³-hybridized carbons (Fsp3) is 0.240. The Morgan fingerprint density at radius 1 is 0.931 bits per heavy atom. The number of hydrogen-bond donors (Lipinski definition) is 1. The van der Waals surface area contributed by atoms with Crippen LogP contribution >= 0.6 is 0 Å². The molecule has 0 aliphatic carbocycles. The standard InChI is InChI=1S/C25H25NO3/c1-18(27)19-10-12-23(13-11-19)29-17-22(28)16-26-14-20-6-2-4-8-24(20)25-9-5-3-7-21(25)15-26/h2-13,22,28H,14-17H2,1H3. The van der Waals surface area contributed by atoms with E-state index in [0.717, 1.165) is 13.1 Å². The summed E-state index contributed by atoms with van der Waals surface area (Å²) in [5, 5.41) is 10.6. The molecule has 1 aliphatic rings. The molecule has 0 radical (unpaired) electrons. The monoisotopic (exact) mass is 387 g/mol. The first-order valence-corrected chi connectivity index (χ1v) is 9.90. The Morgan fingerprint density at radius 3 is 2.03 bits per heavy atom. The zero-order valence-electron chi connectivity index (χ0n) is 16.5. The van der Waals surface area contributed by atoms with Gasteiger partial charge in [-0.2, -0.15) is 0 Å². The fourth-order valence-corrected chi connectivity index (χ4v) is 3.84. The van der Waals surface area contributed by atoms with Crippen LogP contribution in [0.25, 0.3) is 11.1 Å². The number of ether oxygens (including phenoxy) is 1. The highest BCUT2D eigenvalue weighted by Gasteiger charge is 2.21. The molecule has 1 atom stereocenters. The second-order valence-corrected chi connectivity index (χ2v) is 7.53. The molecule has 0 fully saturated rings. The summed E-state index contributed by atoms with van der Waals surface area (Å²) in [5.74, 6) is 0.680. The van der Waals surface area contributed by atoms with Crippen molar-refractivity contribution in [2.75, 3.05) is 13.2 Å². The van der Waals surface area contributed by atoms with Crippen molar-refractivity contribution in [1.82, 2.24) is 4.90 Å². The number of carbonyl (C=O) groups is 1. The Balaban J connectivity index is 1.42. The third-order valence-corrected chi connectivity index (χ3v) is 5.28. The number of aliphatic hydroxyl groups excluding tert-OH is 1. The van der Waals surface area contributed by atoms with Crippen molar-refractivity contribution in [3.05, 3.63) is 89.5 Å². The summed E-state index contributed by atoms with van der Waals surface area (Å²) in [7, 11) is 0. The van der Waals surface area contributed by atoms with E-state index in [0.29, 0.717) is 17.9 Å². The van der Waals surface area contributed by atoms with Crippen molar-refractivity contribution in [3.8, 4) is 16.9 Å². The zero-order chi connectivity index (χ0) is 20.2. The quantitative estimate of drug-likeness (QED) is 0.641. The minimum Gasteiger partial charge on any atom is -0.491 e. The Hall–Kier alpha value is -2.95. The van der Waals surface area contributed by atoms with Crippen molar-refractivity contribution in [3.63, 3.8) is 0 Å². The van der Waals surface area contributed by atoms with Crippen LogP contribution in [-0.2, 0) is 13.1 Å². The molecule has 0 saturated carbocycles. The van der Waals surface area contributed by atoms with Crippen molar-refractivity contribution in [2.45, 2.75) is 26.1 Å². The number of nitrogens with zero attached hydrogens (tertiary/aromatic N) is 1. The van der Waals surface area contributed by atoms with Crippen LogP contribution in [0, 0.1) is 0 Å². The number of β-amino-alcohol motifs (C(OH)–C–C–N with tert-alkyl or cyclic N) is 1. The van der Waals surface area contributed by atoms with Gasteiger partial charge in [0.25, 0.3) is 0 Å². The lowest BCUT2D eigenvalue weighted by molar-refractivity contribution is 0.0633. The van der Waals surface area contributed by atoms with Gasteiger partial charge in [0, 0.05) is 25.2 Å². The molecule has 0 spiro atoms. The van der Waals surface area contributed by atoms with Crippen LogP contribution in [0.2, 0.25) is 0 Å². The van der Waals surface area contributed by atoms with E-state index in [1.807, 2.05) is 0 Å². The van der Waals surface area contributed by atoms with Crippen LogP contribution in [0.15, 0.2) is 72.8 Å². The third-order valence-electron chi connectivity index (χ3n) is 5.28. The smallest absolute Gasteiger partial charge is 0.159 e. The molecule has 0 amide bonds. The van der Waals surface area contributed by atoms with Gasteiger partial charge in [-0.1, -0.05) is 48.5 Å². The Morgan fingerprint density at radius 2 is 1.48 bits per heavy atom. The van der Waals surface area contributed by atoms with Crippen LogP contribution in [0.1, 0.15) is 28.4 Å². The van der Waals surface area contributed by atoms with E-state index in [1.165, 1.54) is 29.2 Å². The largest absolute Gasteiger partial charge is 0.491 e. The van der Waals surface area contributed by atoms with E-state index in [4.69, 9.17) is 4.74 Å². The lowest BCUT2D eigenvalue weighted by atomic mass is 9.97. The van der Waals surface area contributed by atoms with Crippen LogP contribution in [0.3, 0.4) is 0 Å². The number of carbonyl (C=O) groups excluding carboxylic acids is 1. The van der Waals surface area contributed by atoms with Gasteiger partial charge in [-0.05, 0) is 53.4 Å². The molecular weight excluding hydrogens is 362 g/mol. The molecule has 0 saturated heterocycles. The maximum Gasteiger partial charge on any atom is 0.159 e. The Labute approximate surface area is 171 Å². The highest BCUT2D eigenvalue weighted by molar-refractivity contribution is 5.94. The molecule has 4 nitrogen and oxygen atoms in total. The van der Waals surface area contributed by atoms with Crippen LogP contribution in [0.5, 0.6) is 5.75 Å². The molecule has 0 aromatic heterocycles. The highest BCUT2D eigenvalue weighted by atomic mass is 16.5. The van der Waals surface area contributed by atoms with E-state index in [1.54, 1.807) is 24.3 Å². The first kappa shape index (κ1) is 19.4. The second kappa shape index (κ2) is 8.60. The maximum absolute atomic E-state index is 11.4. The predicted octanol–water partition coefficient (Wildman–Crippen LogP) is 4.31. The summed E-state index contributed by atoms with van der Waals surface area (Å²) in [6.07, 6.45) is -0.611. The average molecular weight is 387 g/mol. The van der Waals surface area contributed by atoms with Crippen LogP contribution < -0.4 is 4.74 Å². The SMILES string of the molecule is CC(=O)c1ccc(OCC(O)CN2Cc3ccccc3-c3ccccc3C2)cc1. The minimum absolute atomic E-state index is 0.0262. The number of rotatable bonds is 6. The Kier molecular flexibility index (Phi) is 5.74. The number of fused-ring (bicyclic) bond motifs is 3. The van der Waals surface area contributed by atoms with E-state index < -0.39 is 6.10 Å². The maximum atomic E-state index is 11.4. The molecule has 1 aliphatic heterocycles. The number of ketones is 1. The van der Waals surface area contributed by atoms with E-state index in [-0.39, 0.29) is 12.4 Å². The summed E-state index contributed by atoms with van der Waals surface area (Å²) in [5.41, 5.74) is 5.72. The summed E-state index contributed by atoms with van der Waals surface area (Å²) >= 11 is 0. The molecule has 148 valence electrons. The molecule has 1 N–H and O–H groups in total. The highest BCUT2D eigenvalue weighted by Crippen LogP contribution is 2.32. The van der Waals surface area contributed by atoms with Gasteiger partial charge >= 0.3 is 0 Å². The lowest BCUT2D eigenvalue weighted by Gasteiger charge is -2.24. The van der Waals surface area contributed by atoms with Crippen LogP contribution in [-0.4, -0.2) is 35.0 Å². The molecule has 29 heavy (non-hydrogen) atoms. The molecule has 3 aromatic rings.